The van der Waals surface area contributed by atoms with Crippen molar-refractivity contribution in [3.05, 3.63) is 30.1 Å². The van der Waals surface area contributed by atoms with Crippen LogP contribution in [0.4, 0.5) is 4.39 Å². The standard InChI is InChI=1S/C15H24FNOS/c1-4-17-14(12(2)9-10-18-3)11-19-15-8-6-5-7-13(15)16/h5-8,12,14,17H,4,9-11H2,1-3H3. The van der Waals surface area contributed by atoms with E-state index in [2.05, 4.69) is 19.2 Å². The van der Waals surface area contributed by atoms with Crippen molar-refractivity contribution in [2.24, 2.45) is 5.92 Å². The maximum absolute atomic E-state index is 13.6. The number of thioether (sulfide) groups is 1. The van der Waals surface area contributed by atoms with Crippen LogP contribution >= 0.6 is 11.8 Å². The predicted molar refractivity (Wildman–Crippen MR) is 80.2 cm³/mol. The highest BCUT2D eigenvalue weighted by Crippen LogP contribution is 2.24. The van der Waals surface area contributed by atoms with Gasteiger partial charge in [-0.2, -0.15) is 0 Å². The lowest BCUT2D eigenvalue weighted by Crippen LogP contribution is -2.37. The number of nitrogens with one attached hydrogen (secondary N) is 1. The van der Waals surface area contributed by atoms with Gasteiger partial charge in [0.05, 0.1) is 0 Å². The molecule has 2 atom stereocenters. The molecule has 4 heteroatoms. The molecule has 1 N–H and O–H groups in total. The molecule has 108 valence electrons. The van der Waals surface area contributed by atoms with Crippen LogP contribution in [-0.4, -0.2) is 32.1 Å². The lowest BCUT2D eigenvalue weighted by atomic mass is 10.0. The van der Waals surface area contributed by atoms with E-state index in [-0.39, 0.29) is 5.82 Å². The average Bonchev–Trinajstić information content (AvgIpc) is 2.42. The van der Waals surface area contributed by atoms with Gasteiger partial charge in [0, 0.05) is 30.4 Å². The predicted octanol–water partition coefficient (Wildman–Crippen LogP) is 3.57. The molecule has 0 radical (unpaired) electrons. The van der Waals surface area contributed by atoms with Crippen LogP contribution in [0.1, 0.15) is 20.3 Å². The molecule has 0 saturated heterocycles. The molecule has 1 rings (SSSR count). The molecule has 0 bridgehead atoms. The summed E-state index contributed by atoms with van der Waals surface area (Å²) in [5.74, 6) is 1.26. The Morgan fingerprint density at radius 2 is 2.11 bits per heavy atom. The van der Waals surface area contributed by atoms with Gasteiger partial charge >= 0.3 is 0 Å². The summed E-state index contributed by atoms with van der Waals surface area (Å²) in [5.41, 5.74) is 0. The van der Waals surface area contributed by atoms with Crippen LogP contribution in [0.25, 0.3) is 0 Å². The summed E-state index contributed by atoms with van der Waals surface area (Å²) >= 11 is 1.58. The molecule has 0 aromatic heterocycles. The molecule has 1 aromatic rings. The van der Waals surface area contributed by atoms with Gasteiger partial charge in [0.2, 0.25) is 0 Å². The van der Waals surface area contributed by atoms with Gasteiger partial charge in [0.15, 0.2) is 0 Å². The number of hydrogen-bond donors (Lipinski definition) is 1. The van der Waals surface area contributed by atoms with Crippen molar-refractivity contribution in [3.8, 4) is 0 Å². The summed E-state index contributed by atoms with van der Waals surface area (Å²) in [6, 6.07) is 7.33. The van der Waals surface area contributed by atoms with Crippen molar-refractivity contribution in [1.29, 1.82) is 0 Å². The monoisotopic (exact) mass is 285 g/mol. The normalized spacial score (nSPS) is 14.3. The van der Waals surface area contributed by atoms with E-state index in [0.29, 0.717) is 12.0 Å². The van der Waals surface area contributed by atoms with Gasteiger partial charge < -0.3 is 10.1 Å². The van der Waals surface area contributed by atoms with Crippen LogP contribution in [0.3, 0.4) is 0 Å². The quantitative estimate of drug-likeness (QED) is 0.701. The lowest BCUT2D eigenvalue weighted by molar-refractivity contribution is 0.172. The van der Waals surface area contributed by atoms with Crippen molar-refractivity contribution in [3.63, 3.8) is 0 Å². The first-order valence-electron chi connectivity index (χ1n) is 6.78. The van der Waals surface area contributed by atoms with Gasteiger partial charge in [0.25, 0.3) is 0 Å². The molecule has 0 amide bonds. The van der Waals surface area contributed by atoms with Gasteiger partial charge in [-0.25, -0.2) is 4.39 Å². The van der Waals surface area contributed by atoms with Gasteiger partial charge in [-0.05, 0) is 31.0 Å². The van der Waals surface area contributed by atoms with Gasteiger partial charge in [-0.15, -0.1) is 11.8 Å². The summed E-state index contributed by atoms with van der Waals surface area (Å²) < 4.78 is 18.7. The number of benzene rings is 1. The van der Waals surface area contributed by atoms with E-state index in [1.165, 1.54) is 6.07 Å². The minimum Gasteiger partial charge on any atom is -0.385 e. The molecule has 0 aliphatic carbocycles. The van der Waals surface area contributed by atoms with Gasteiger partial charge in [-0.1, -0.05) is 26.0 Å². The second-order valence-corrected chi connectivity index (χ2v) is 5.73. The smallest absolute Gasteiger partial charge is 0.136 e. The molecule has 0 aliphatic heterocycles. The van der Waals surface area contributed by atoms with Gasteiger partial charge in [-0.3, -0.25) is 0 Å². The zero-order chi connectivity index (χ0) is 14.1. The SMILES string of the molecule is CCNC(CSc1ccccc1F)C(C)CCOC. The van der Waals surface area contributed by atoms with Crippen LogP contribution in [0, 0.1) is 11.7 Å². The molecule has 19 heavy (non-hydrogen) atoms. The Morgan fingerprint density at radius 1 is 1.37 bits per heavy atom. The molecule has 0 heterocycles. The summed E-state index contributed by atoms with van der Waals surface area (Å²) in [6.45, 7) is 6.02. The first-order valence-corrected chi connectivity index (χ1v) is 7.77. The van der Waals surface area contributed by atoms with Crippen LogP contribution in [0.15, 0.2) is 29.2 Å². The molecule has 0 fully saturated rings. The van der Waals surface area contributed by atoms with Gasteiger partial charge in [0.1, 0.15) is 5.82 Å². The molecule has 0 aliphatic rings. The summed E-state index contributed by atoms with van der Waals surface area (Å²) in [4.78, 5) is 0.726. The Kier molecular flexibility index (Phi) is 8.10. The molecule has 0 spiro atoms. The molecule has 1 aromatic carbocycles. The van der Waals surface area contributed by atoms with E-state index in [0.717, 1.165) is 30.2 Å². The van der Waals surface area contributed by atoms with E-state index >= 15 is 0 Å². The van der Waals surface area contributed by atoms with E-state index in [4.69, 9.17) is 4.74 Å². The highest BCUT2D eigenvalue weighted by Gasteiger charge is 2.17. The fourth-order valence-corrected chi connectivity index (χ4v) is 3.12. The Labute approximate surface area is 120 Å². The highest BCUT2D eigenvalue weighted by molar-refractivity contribution is 7.99. The zero-order valence-electron chi connectivity index (χ0n) is 12.0. The molecule has 2 nitrogen and oxygen atoms in total. The maximum Gasteiger partial charge on any atom is 0.136 e. The average molecular weight is 285 g/mol. The summed E-state index contributed by atoms with van der Waals surface area (Å²) in [7, 11) is 1.73. The van der Waals surface area contributed by atoms with Crippen LogP contribution in [0.2, 0.25) is 0 Å². The fraction of sp³-hybridized carbons (Fsp3) is 0.600. The zero-order valence-corrected chi connectivity index (χ0v) is 12.8. The Bertz CT molecular complexity index is 362. The van der Waals surface area contributed by atoms with Crippen molar-refractivity contribution >= 4 is 11.8 Å². The molecule has 0 saturated carbocycles. The topological polar surface area (TPSA) is 21.3 Å². The number of halogens is 1. The number of ether oxygens (including phenoxy) is 1. The second-order valence-electron chi connectivity index (χ2n) is 4.66. The molecular weight excluding hydrogens is 261 g/mol. The number of hydrogen-bond acceptors (Lipinski definition) is 3. The van der Waals surface area contributed by atoms with E-state index in [1.54, 1.807) is 24.9 Å². The first-order chi connectivity index (χ1) is 9.19. The second kappa shape index (κ2) is 9.34. The number of rotatable bonds is 9. The highest BCUT2D eigenvalue weighted by atomic mass is 32.2. The minimum absolute atomic E-state index is 0.132. The fourth-order valence-electron chi connectivity index (χ4n) is 1.93. The van der Waals surface area contributed by atoms with E-state index in [9.17, 15) is 4.39 Å². The summed E-state index contributed by atoms with van der Waals surface area (Å²) in [5, 5.41) is 3.48. The Morgan fingerprint density at radius 3 is 2.74 bits per heavy atom. The van der Waals surface area contributed by atoms with Crippen LogP contribution < -0.4 is 5.32 Å². The first kappa shape index (κ1) is 16.5. The molecular formula is C15H24FNOS. The Hall–Kier alpha value is -0.580. The maximum atomic E-state index is 13.6. The molecule has 2 unspecified atom stereocenters. The van der Waals surface area contributed by atoms with Crippen molar-refractivity contribution in [2.45, 2.75) is 31.2 Å². The van der Waals surface area contributed by atoms with E-state index < -0.39 is 0 Å². The lowest BCUT2D eigenvalue weighted by Gasteiger charge is -2.24. The largest absolute Gasteiger partial charge is 0.385 e. The third kappa shape index (κ3) is 5.93. The van der Waals surface area contributed by atoms with Crippen LogP contribution in [0.5, 0.6) is 0 Å². The number of methoxy groups -OCH3 is 1. The van der Waals surface area contributed by atoms with Crippen LogP contribution in [-0.2, 0) is 4.74 Å². The van der Waals surface area contributed by atoms with Crippen molar-refractivity contribution in [2.75, 3.05) is 26.0 Å². The Balaban J connectivity index is 2.51. The van der Waals surface area contributed by atoms with Crippen molar-refractivity contribution in [1.82, 2.24) is 5.32 Å². The third-order valence-electron chi connectivity index (χ3n) is 3.19. The third-order valence-corrected chi connectivity index (χ3v) is 4.35. The van der Waals surface area contributed by atoms with Crippen molar-refractivity contribution < 1.29 is 9.13 Å². The van der Waals surface area contributed by atoms with E-state index in [1.807, 2.05) is 12.1 Å². The summed E-state index contributed by atoms with van der Waals surface area (Å²) in [6.07, 6.45) is 1.02. The minimum atomic E-state index is -0.132.